The molecule has 0 fully saturated rings. The first kappa shape index (κ1) is 20.4. The van der Waals surface area contributed by atoms with Crippen LogP contribution in [0.5, 0.6) is 0 Å². The summed E-state index contributed by atoms with van der Waals surface area (Å²) in [7, 11) is 0. The van der Waals surface area contributed by atoms with E-state index in [0.29, 0.717) is 15.6 Å². The van der Waals surface area contributed by atoms with Crippen LogP contribution in [0.2, 0.25) is 10.0 Å². The van der Waals surface area contributed by atoms with E-state index in [1.54, 1.807) is 18.2 Å². The fourth-order valence-electron chi connectivity index (χ4n) is 2.37. The van der Waals surface area contributed by atoms with Gasteiger partial charge < -0.3 is 5.32 Å². The van der Waals surface area contributed by atoms with E-state index in [9.17, 15) is 13.2 Å². The Kier molecular flexibility index (Phi) is 6.07. The van der Waals surface area contributed by atoms with Gasteiger partial charge in [0.05, 0.1) is 17.8 Å². The zero-order chi connectivity index (χ0) is 20.3. The molecule has 0 bridgehead atoms. The Morgan fingerprint density at radius 3 is 2.39 bits per heavy atom. The molecule has 2 N–H and O–H groups in total. The van der Waals surface area contributed by atoms with Gasteiger partial charge in [-0.3, -0.25) is 5.32 Å². The lowest BCUT2D eigenvalue weighted by Crippen LogP contribution is -2.22. The quantitative estimate of drug-likeness (QED) is 0.522. The van der Waals surface area contributed by atoms with Gasteiger partial charge in [-0.05, 0) is 36.5 Å². The van der Waals surface area contributed by atoms with E-state index in [2.05, 4.69) is 20.7 Å². The summed E-state index contributed by atoms with van der Waals surface area (Å²) in [5.41, 5.74) is -0.331. The molecule has 0 aliphatic carbocycles. The molecular formula is C17H12Cl2F3N5S. The van der Waals surface area contributed by atoms with Gasteiger partial charge in [-0.25, -0.2) is 9.67 Å². The molecule has 146 valence electrons. The number of nitrogens with one attached hydrogen (secondary N) is 2. The average molecular weight is 446 g/mol. The van der Waals surface area contributed by atoms with Gasteiger partial charge in [0.25, 0.3) is 0 Å². The summed E-state index contributed by atoms with van der Waals surface area (Å²) < 4.78 is 40.6. The van der Waals surface area contributed by atoms with Crippen molar-refractivity contribution < 1.29 is 13.2 Å². The number of nitrogens with zero attached hydrogens (tertiary/aromatic N) is 3. The first-order valence-corrected chi connectivity index (χ1v) is 8.97. The summed E-state index contributed by atoms with van der Waals surface area (Å²) in [5, 5.41) is 10.2. The van der Waals surface area contributed by atoms with Gasteiger partial charge in [-0.2, -0.15) is 13.2 Å². The highest BCUT2D eigenvalue weighted by Gasteiger charge is 2.33. The Morgan fingerprint density at radius 2 is 1.71 bits per heavy atom. The topological polar surface area (TPSA) is 54.8 Å². The molecule has 3 rings (SSSR count). The van der Waals surface area contributed by atoms with Gasteiger partial charge in [0.15, 0.2) is 5.11 Å². The molecule has 0 saturated carbocycles. The van der Waals surface area contributed by atoms with Crippen LogP contribution in [0.15, 0.2) is 48.8 Å². The van der Waals surface area contributed by atoms with E-state index >= 15 is 0 Å². The van der Waals surface area contributed by atoms with Crippen molar-refractivity contribution in [2.75, 3.05) is 10.6 Å². The summed E-state index contributed by atoms with van der Waals surface area (Å²) in [5.74, 6) is 0.116. The number of benzene rings is 2. The van der Waals surface area contributed by atoms with Crippen LogP contribution in [0.3, 0.4) is 0 Å². The molecule has 3 aromatic rings. The van der Waals surface area contributed by atoms with Crippen molar-refractivity contribution in [2.24, 2.45) is 0 Å². The van der Waals surface area contributed by atoms with Crippen molar-refractivity contribution in [3.05, 3.63) is 70.0 Å². The third-order valence-electron chi connectivity index (χ3n) is 3.62. The van der Waals surface area contributed by atoms with E-state index in [1.807, 2.05) is 0 Å². The third-order valence-corrected chi connectivity index (χ3v) is 4.54. The van der Waals surface area contributed by atoms with E-state index < -0.39 is 11.7 Å². The van der Waals surface area contributed by atoms with Crippen LogP contribution in [-0.4, -0.2) is 19.9 Å². The number of hydrogen-bond acceptors (Lipinski definition) is 3. The second-order valence-electron chi connectivity index (χ2n) is 5.59. The molecule has 0 aliphatic rings. The van der Waals surface area contributed by atoms with Crippen LogP contribution in [0.4, 0.5) is 24.8 Å². The summed E-state index contributed by atoms with van der Waals surface area (Å²) >= 11 is 17.3. The molecule has 0 aliphatic heterocycles. The predicted octanol–water partition coefficient (Wildman–Crippen LogP) is 5.46. The molecule has 0 unspecified atom stereocenters. The van der Waals surface area contributed by atoms with Gasteiger partial charge in [-0.15, -0.1) is 5.10 Å². The Balaban J connectivity index is 1.68. The molecule has 11 heteroatoms. The zero-order valence-electron chi connectivity index (χ0n) is 14.0. The van der Waals surface area contributed by atoms with Gasteiger partial charge in [0, 0.05) is 15.6 Å². The number of halogens is 5. The molecule has 2 aromatic carbocycles. The second kappa shape index (κ2) is 8.34. The SMILES string of the molecule is FC(F)(F)c1ccccc1NC(=S)Nc1ncn(Cc2c(Cl)cccc2Cl)n1. The standard InChI is InChI=1S/C17H12Cl2F3N5S/c18-12-5-3-6-13(19)10(12)8-27-9-23-15(26-27)25-16(28)24-14-7-2-1-4-11(14)17(20,21)22/h1-7,9H,8H2,(H2,24,25,26,28). The lowest BCUT2D eigenvalue weighted by Gasteiger charge is -2.14. The first-order chi connectivity index (χ1) is 13.2. The lowest BCUT2D eigenvalue weighted by molar-refractivity contribution is -0.136. The van der Waals surface area contributed by atoms with Crippen LogP contribution in [-0.2, 0) is 12.7 Å². The fourth-order valence-corrected chi connectivity index (χ4v) is 3.09. The van der Waals surface area contributed by atoms with Crippen LogP contribution in [0.1, 0.15) is 11.1 Å². The number of thiocarbonyl (C=S) groups is 1. The number of hydrogen-bond donors (Lipinski definition) is 2. The number of rotatable bonds is 4. The van der Waals surface area contributed by atoms with Crippen molar-refractivity contribution in [1.29, 1.82) is 0 Å². The Morgan fingerprint density at radius 1 is 1.04 bits per heavy atom. The highest BCUT2D eigenvalue weighted by molar-refractivity contribution is 7.80. The molecule has 28 heavy (non-hydrogen) atoms. The molecule has 0 amide bonds. The lowest BCUT2D eigenvalue weighted by atomic mass is 10.2. The largest absolute Gasteiger partial charge is 0.418 e. The van der Waals surface area contributed by atoms with Crippen molar-refractivity contribution in [1.82, 2.24) is 14.8 Å². The molecule has 1 aromatic heterocycles. The third kappa shape index (κ3) is 4.92. The Hall–Kier alpha value is -2.36. The maximum absolute atomic E-state index is 13.0. The average Bonchev–Trinajstić information content (AvgIpc) is 3.04. The Bertz CT molecular complexity index is 986. The smallest absolute Gasteiger partial charge is 0.332 e. The summed E-state index contributed by atoms with van der Waals surface area (Å²) in [6, 6.07) is 10.2. The predicted molar refractivity (Wildman–Crippen MR) is 107 cm³/mol. The fraction of sp³-hybridized carbons (Fsp3) is 0.118. The zero-order valence-corrected chi connectivity index (χ0v) is 16.3. The summed E-state index contributed by atoms with van der Waals surface area (Å²) in [6.07, 6.45) is -3.08. The minimum Gasteiger partial charge on any atom is -0.332 e. The molecule has 1 heterocycles. The molecule has 0 spiro atoms. The van der Waals surface area contributed by atoms with E-state index in [4.69, 9.17) is 35.4 Å². The summed E-state index contributed by atoms with van der Waals surface area (Å²) in [4.78, 5) is 4.03. The van der Waals surface area contributed by atoms with Crippen LogP contribution in [0, 0.1) is 0 Å². The van der Waals surface area contributed by atoms with Crippen LogP contribution in [0.25, 0.3) is 0 Å². The van der Waals surface area contributed by atoms with Gasteiger partial charge in [0.1, 0.15) is 6.33 Å². The first-order valence-electron chi connectivity index (χ1n) is 7.80. The highest BCUT2D eigenvalue weighted by atomic mass is 35.5. The van der Waals surface area contributed by atoms with Gasteiger partial charge >= 0.3 is 6.18 Å². The van der Waals surface area contributed by atoms with Crippen molar-refractivity contribution in [2.45, 2.75) is 12.7 Å². The van der Waals surface area contributed by atoms with Gasteiger partial charge in [0.2, 0.25) is 5.95 Å². The van der Waals surface area contributed by atoms with Gasteiger partial charge in [-0.1, -0.05) is 41.4 Å². The molecule has 0 atom stereocenters. The number of anilines is 2. The van der Waals surface area contributed by atoms with Crippen molar-refractivity contribution in [3.8, 4) is 0 Å². The number of para-hydroxylation sites is 1. The van der Waals surface area contributed by atoms with Crippen LogP contribution < -0.4 is 10.6 Å². The molecule has 5 nitrogen and oxygen atoms in total. The normalized spacial score (nSPS) is 11.3. The minimum absolute atomic E-state index is 0.0785. The van der Waals surface area contributed by atoms with E-state index in [0.717, 1.165) is 6.07 Å². The maximum atomic E-state index is 13.0. The summed E-state index contributed by atoms with van der Waals surface area (Å²) in [6.45, 7) is 0.268. The maximum Gasteiger partial charge on any atom is 0.418 e. The van der Waals surface area contributed by atoms with E-state index in [-0.39, 0.29) is 23.3 Å². The molecule has 0 radical (unpaired) electrons. The van der Waals surface area contributed by atoms with Crippen molar-refractivity contribution in [3.63, 3.8) is 0 Å². The number of alkyl halides is 3. The highest BCUT2D eigenvalue weighted by Crippen LogP contribution is 2.34. The second-order valence-corrected chi connectivity index (χ2v) is 6.81. The van der Waals surface area contributed by atoms with E-state index in [1.165, 1.54) is 29.2 Å². The minimum atomic E-state index is -4.51. The molecular weight excluding hydrogens is 434 g/mol. The Labute approximate surface area is 173 Å². The monoisotopic (exact) mass is 445 g/mol. The molecule has 0 saturated heterocycles. The van der Waals surface area contributed by atoms with Crippen LogP contribution >= 0.6 is 35.4 Å². The number of aromatic nitrogens is 3. The van der Waals surface area contributed by atoms with Crippen molar-refractivity contribution >= 4 is 52.2 Å².